The van der Waals surface area contributed by atoms with Gasteiger partial charge in [-0.1, -0.05) is 29.8 Å². The summed E-state index contributed by atoms with van der Waals surface area (Å²) < 4.78 is 15.3. The molecule has 0 N–H and O–H groups in total. The van der Waals surface area contributed by atoms with Gasteiger partial charge >= 0.3 is 17.2 Å². The van der Waals surface area contributed by atoms with Crippen molar-refractivity contribution >= 4 is 16.7 Å². The van der Waals surface area contributed by atoms with E-state index in [4.69, 9.17) is 13.6 Å². The molecule has 0 atom stereocenters. The Kier molecular flexibility index (Phi) is 4.27. The highest BCUT2D eigenvalue weighted by Crippen LogP contribution is 2.25. The Hall–Kier alpha value is -3.15. The largest absolute Gasteiger partial charge is 0.462 e. The van der Waals surface area contributed by atoms with E-state index in [0.717, 1.165) is 5.56 Å². The lowest BCUT2D eigenvalue weighted by Gasteiger charge is -2.09. The highest BCUT2D eigenvalue weighted by Gasteiger charge is 2.22. The van der Waals surface area contributed by atoms with Crippen LogP contribution in [0.15, 0.2) is 48.8 Å². The number of carbonyl (C=O) groups is 1. The molecule has 0 spiro atoms. The summed E-state index contributed by atoms with van der Waals surface area (Å²) in [5.41, 5.74) is 0.0655. The fourth-order valence-electron chi connectivity index (χ4n) is 2.63. The Labute approximate surface area is 142 Å². The van der Waals surface area contributed by atoms with Gasteiger partial charge in [-0.2, -0.15) is 0 Å². The summed E-state index contributed by atoms with van der Waals surface area (Å²) in [7, 11) is 0. The fourth-order valence-corrected chi connectivity index (χ4v) is 2.63. The number of esters is 1. The second-order valence-corrected chi connectivity index (χ2v) is 5.59. The van der Waals surface area contributed by atoms with E-state index in [2.05, 4.69) is 0 Å². The minimum absolute atomic E-state index is 0.0534. The van der Waals surface area contributed by atoms with Gasteiger partial charge in [-0.15, -0.1) is 0 Å². The predicted molar refractivity (Wildman–Crippen MR) is 91.9 cm³/mol. The molecule has 0 aliphatic rings. The van der Waals surface area contributed by atoms with Crippen molar-refractivity contribution < 1.29 is 18.4 Å². The monoisotopic (exact) mass is 340 g/mol. The molecule has 0 aliphatic carbocycles. The van der Waals surface area contributed by atoms with Crippen molar-refractivity contribution in [2.24, 2.45) is 0 Å². The van der Waals surface area contributed by atoms with Crippen molar-refractivity contribution in [1.82, 2.24) is 0 Å². The summed E-state index contributed by atoms with van der Waals surface area (Å²) in [4.78, 5) is 36.7. The summed E-state index contributed by atoms with van der Waals surface area (Å²) in [6, 6.07) is 8.83. The number of hydrogen-bond donors (Lipinski definition) is 0. The topological polar surface area (TPSA) is 86.7 Å². The third-order valence-corrected chi connectivity index (χ3v) is 3.84. The highest BCUT2D eigenvalue weighted by molar-refractivity contribution is 6.05. The molecule has 3 aromatic rings. The Morgan fingerprint density at radius 3 is 2.32 bits per heavy atom. The van der Waals surface area contributed by atoms with Crippen LogP contribution < -0.4 is 11.3 Å². The molecule has 0 saturated carbocycles. The molecule has 6 nitrogen and oxygen atoms in total. The molecule has 1 aromatic carbocycles. The molecule has 0 radical (unpaired) electrons. The molecule has 2 heterocycles. The van der Waals surface area contributed by atoms with Gasteiger partial charge in [0, 0.05) is 10.9 Å². The Balaban J connectivity index is 2.36. The van der Waals surface area contributed by atoms with Gasteiger partial charge in [0.15, 0.2) is 5.39 Å². The van der Waals surface area contributed by atoms with Crippen LogP contribution in [0.5, 0.6) is 0 Å². The number of ether oxygens (including phenoxy) is 1. The SMILES string of the molecule is CCOC(=O)c1c(C)oc(=O)c2c(=O)oc(-c3ccc(C)cc3)cc12. The fraction of sp³-hybridized carbons (Fsp3) is 0.211. The minimum Gasteiger partial charge on any atom is -0.462 e. The lowest BCUT2D eigenvalue weighted by Crippen LogP contribution is -2.17. The molecular weight excluding hydrogens is 324 g/mol. The van der Waals surface area contributed by atoms with Crippen LogP contribution in [0.4, 0.5) is 0 Å². The van der Waals surface area contributed by atoms with Crippen LogP contribution in [0.3, 0.4) is 0 Å². The van der Waals surface area contributed by atoms with E-state index in [1.807, 2.05) is 19.1 Å². The van der Waals surface area contributed by atoms with Crippen molar-refractivity contribution in [1.29, 1.82) is 0 Å². The summed E-state index contributed by atoms with van der Waals surface area (Å²) in [5.74, 6) is -0.307. The smallest absolute Gasteiger partial charge is 0.351 e. The average Bonchev–Trinajstić information content (AvgIpc) is 2.54. The second-order valence-electron chi connectivity index (χ2n) is 5.59. The van der Waals surface area contributed by atoms with Crippen molar-refractivity contribution in [3.63, 3.8) is 0 Å². The summed E-state index contributed by atoms with van der Waals surface area (Å²) >= 11 is 0. The number of benzene rings is 1. The van der Waals surface area contributed by atoms with E-state index >= 15 is 0 Å². The number of hydrogen-bond acceptors (Lipinski definition) is 6. The van der Waals surface area contributed by atoms with Crippen molar-refractivity contribution in [3.8, 4) is 11.3 Å². The van der Waals surface area contributed by atoms with E-state index in [9.17, 15) is 14.4 Å². The number of fused-ring (bicyclic) bond motifs is 1. The zero-order valence-electron chi connectivity index (χ0n) is 14.0. The van der Waals surface area contributed by atoms with E-state index < -0.39 is 17.2 Å². The maximum atomic E-state index is 12.3. The number of aryl methyl sites for hydroxylation is 2. The Morgan fingerprint density at radius 2 is 1.68 bits per heavy atom. The maximum absolute atomic E-state index is 12.3. The van der Waals surface area contributed by atoms with E-state index in [-0.39, 0.29) is 34.5 Å². The van der Waals surface area contributed by atoms with Crippen LogP contribution in [0.1, 0.15) is 28.6 Å². The first-order valence-corrected chi connectivity index (χ1v) is 7.78. The van der Waals surface area contributed by atoms with Crippen LogP contribution in [-0.2, 0) is 4.74 Å². The molecule has 2 aromatic heterocycles. The number of carbonyl (C=O) groups excluding carboxylic acids is 1. The zero-order chi connectivity index (χ0) is 18.1. The lowest BCUT2D eigenvalue weighted by molar-refractivity contribution is 0.0524. The first-order chi connectivity index (χ1) is 11.9. The van der Waals surface area contributed by atoms with Crippen molar-refractivity contribution in [2.75, 3.05) is 6.61 Å². The summed E-state index contributed by atoms with van der Waals surface area (Å²) in [5, 5.41) is -0.136. The molecule has 0 fully saturated rings. The van der Waals surface area contributed by atoms with E-state index in [0.29, 0.717) is 5.56 Å². The highest BCUT2D eigenvalue weighted by atomic mass is 16.5. The van der Waals surface area contributed by atoms with Crippen molar-refractivity contribution in [2.45, 2.75) is 20.8 Å². The van der Waals surface area contributed by atoms with Gasteiger partial charge in [-0.3, -0.25) is 0 Å². The van der Waals surface area contributed by atoms with Crippen LogP contribution in [-0.4, -0.2) is 12.6 Å². The quantitative estimate of drug-likeness (QED) is 0.681. The lowest BCUT2D eigenvalue weighted by atomic mass is 10.0. The zero-order valence-corrected chi connectivity index (χ0v) is 14.0. The van der Waals surface area contributed by atoms with Crippen molar-refractivity contribution in [3.05, 3.63) is 68.1 Å². The van der Waals surface area contributed by atoms with E-state index in [1.165, 1.54) is 13.0 Å². The summed E-state index contributed by atoms with van der Waals surface area (Å²) in [6.07, 6.45) is 0. The molecule has 0 unspecified atom stereocenters. The van der Waals surface area contributed by atoms with Gasteiger partial charge in [0.1, 0.15) is 17.1 Å². The minimum atomic E-state index is -0.854. The summed E-state index contributed by atoms with van der Waals surface area (Å²) in [6.45, 7) is 5.24. The van der Waals surface area contributed by atoms with Gasteiger partial charge in [0.05, 0.1) is 6.61 Å². The Morgan fingerprint density at radius 1 is 1.04 bits per heavy atom. The van der Waals surface area contributed by atoms with Gasteiger partial charge in [-0.25, -0.2) is 14.4 Å². The first kappa shape index (κ1) is 16.7. The molecule has 6 heteroatoms. The van der Waals surface area contributed by atoms with Crippen LogP contribution in [0.2, 0.25) is 0 Å². The molecular formula is C19H16O6. The molecule has 128 valence electrons. The van der Waals surface area contributed by atoms with Gasteiger partial charge in [-0.05, 0) is 26.8 Å². The van der Waals surface area contributed by atoms with Crippen LogP contribution in [0.25, 0.3) is 22.1 Å². The molecule has 0 bridgehead atoms. The second kappa shape index (κ2) is 6.39. The van der Waals surface area contributed by atoms with E-state index in [1.54, 1.807) is 19.1 Å². The van der Waals surface area contributed by atoms with Crippen LogP contribution in [0, 0.1) is 13.8 Å². The predicted octanol–water partition coefficient (Wildman–Crippen LogP) is 3.21. The Bertz CT molecular complexity index is 1070. The first-order valence-electron chi connectivity index (χ1n) is 7.78. The van der Waals surface area contributed by atoms with Gasteiger partial charge < -0.3 is 13.6 Å². The third kappa shape index (κ3) is 2.98. The molecule has 0 aliphatic heterocycles. The normalized spacial score (nSPS) is 10.8. The van der Waals surface area contributed by atoms with Gasteiger partial charge in [0.25, 0.3) is 0 Å². The number of rotatable bonds is 3. The molecule has 3 rings (SSSR count). The van der Waals surface area contributed by atoms with Crippen LogP contribution >= 0.6 is 0 Å². The molecule has 0 amide bonds. The molecule has 0 saturated heterocycles. The molecule has 25 heavy (non-hydrogen) atoms. The maximum Gasteiger partial charge on any atom is 0.351 e. The third-order valence-electron chi connectivity index (χ3n) is 3.84. The average molecular weight is 340 g/mol. The standard InChI is InChI=1S/C19H16O6/c1-4-23-17(20)15-11(3)24-18(21)16-13(15)9-14(25-19(16)22)12-7-5-10(2)6-8-12/h5-9H,4H2,1-3H3. The van der Waals surface area contributed by atoms with Gasteiger partial charge in [0.2, 0.25) is 0 Å².